The Balaban J connectivity index is 2.54. The molecule has 0 radical (unpaired) electrons. The Bertz CT molecular complexity index is 448. The number of carbonyl (C=O) groups excluding carboxylic acids is 2. The summed E-state index contributed by atoms with van der Waals surface area (Å²) < 4.78 is 5.07. The van der Waals surface area contributed by atoms with E-state index in [0.29, 0.717) is 0 Å². The molecule has 0 bridgehead atoms. The van der Waals surface area contributed by atoms with Crippen LogP contribution in [0.3, 0.4) is 0 Å². The zero-order valence-electron chi connectivity index (χ0n) is 10.3. The van der Waals surface area contributed by atoms with Gasteiger partial charge in [-0.15, -0.1) is 5.17 Å². The Kier molecular flexibility index (Phi) is 6.60. The summed E-state index contributed by atoms with van der Waals surface area (Å²) in [4.78, 5) is 26.7. The smallest absolute Gasteiger partial charge is 0.333 e. The van der Waals surface area contributed by atoms with Gasteiger partial charge in [0.15, 0.2) is 12.1 Å². The number of benzene rings is 1. The topological polar surface area (TPSA) is 68.2 Å². The molecule has 0 aliphatic rings. The maximum Gasteiger partial charge on any atom is 0.333 e. The molecule has 19 heavy (non-hydrogen) atoms. The number of esters is 1. The van der Waals surface area contributed by atoms with Gasteiger partial charge in [0, 0.05) is 0 Å². The maximum absolute atomic E-state index is 11.7. The normalized spacial score (nSPS) is 11.3. The summed E-state index contributed by atoms with van der Waals surface area (Å²) in [5.74, 6) is -0.590. The van der Waals surface area contributed by atoms with E-state index < -0.39 is 12.0 Å². The average Bonchev–Trinajstić information content (AvgIpc) is 2.45. The van der Waals surface area contributed by atoms with E-state index in [-0.39, 0.29) is 12.7 Å². The number of hydroxylamine groups is 1. The lowest BCUT2D eigenvalue weighted by molar-refractivity contribution is -0.191. The number of hydrogen-bond donors (Lipinski definition) is 0. The van der Waals surface area contributed by atoms with Crippen molar-refractivity contribution in [3.8, 4) is 0 Å². The van der Waals surface area contributed by atoms with Crippen LogP contribution in [-0.2, 0) is 25.8 Å². The van der Waals surface area contributed by atoms with Gasteiger partial charge in [-0.05, 0) is 12.5 Å². The first-order valence-corrected chi connectivity index (χ1v) is 5.99. The molecule has 0 heterocycles. The molecule has 7 heteroatoms. The van der Waals surface area contributed by atoms with E-state index in [1.54, 1.807) is 0 Å². The third-order valence-electron chi connectivity index (χ3n) is 2.22. The van der Waals surface area contributed by atoms with E-state index >= 15 is 0 Å². The van der Waals surface area contributed by atoms with Crippen molar-refractivity contribution in [1.29, 1.82) is 0 Å². The van der Waals surface area contributed by atoms with E-state index in [0.717, 1.165) is 10.7 Å². The fourth-order valence-electron chi connectivity index (χ4n) is 1.26. The SMILES string of the molecule is C[C@@H](C(=O)OCc1ccccc1)N(N=C=O)OCCl. The molecule has 1 aromatic carbocycles. The summed E-state index contributed by atoms with van der Waals surface area (Å²) in [5.41, 5.74) is 0.853. The number of hydrazone groups is 1. The minimum atomic E-state index is -0.899. The van der Waals surface area contributed by atoms with Crippen LogP contribution in [0.5, 0.6) is 0 Å². The second-order valence-corrected chi connectivity index (χ2v) is 3.72. The van der Waals surface area contributed by atoms with E-state index in [1.807, 2.05) is 30.3 Å². The van der Waals surface area contributed by atoms with Crippen molar-refractivity contribution in [1.82, 2.24) is 5.17 Å². The van der Waals surface area contributed by atoms with Crippen molar-refractivity contribution in [2.45, 2.75) is 19.6 Å². The van der Waals surface area contributed by atoms with Crippen molar-refractivity contribution in [3.05, 3.63) is 35.9 Å². The van der Waals surface area contributed by atoms with Crippen LogP contribution in [0.15, 0.2) is 35.4 Å². The van der Waals surface area contributed by atoms with Gasteiger partial charge in [-0.2, -0.15) is 0 Å². The number of rotatable bonds is 7. The van der Waals surface area contributed by atoms with Crippen molar-refractivity contribution in [2.24, 2.45) is 5.10 Å². The number of ether oxygens (including phenoxy) is 1. The van der Waals surface area contributed by atoms with Crippen LogP contribution in [0.4, 0.5) is 0 Å². The highest BCUT2D eigenvalue weighted by Crippen LogP contribution is 2.07. The Morgan fingerprint density at radius 1 is 1.47 bits per heavy atom. The van der Waals surface area contributed by atoms with Gasteiger partial charge in [-0.25, -0.2) is 14.4 Å². The number of nitrogens with zero attached hydrogens (tertiary/aromatic N) is 2. The van der Waals surface area contributed by atoms with Gasteiger partial charge in [-0.1, -0.05) is 47.0 Å². The summed E-state index contributed by atoms with van der Waals surface area (Å²) in [7, 11) is 0. The second-order valence-electron chi connectivity index (χ2n) is 3.50. The molecule has 102 valence electrons. The van der Waals surface area contributed by atoms with Crippen molar-refractivity contribution in [2.75, 3.05) is 6.07 Å². The average molecular weight is 285 g/mol. The predicted molar refractivity (Wildman–Crippen MR) is 67.5 cm³/mol. The monoisotopic (exact) mass is 284 g/mol. The summed E-state index contributed by atoms with van der Waals surface area (Å²) in [6.45, 7) is 1.60. The van der Waals surface area contributed by atoms with Gasteiger partial charge in [0.05, 0.1) is 0 Å². The lowest BCUT2D eigenvalue weighted by Crippen LogP contribution is -2.36. The largest absolute Gasteiger partial charge is 0.459 e. The molecule has 0 fully saturated rings. The minimum absolute atomic E-state index is 0.129. The van der Waals surface area contributed by atoms with E-state index in [2.05, 4.69) is 5.10 Å². The summed E-state index contributed by atoms with van der Waals surface area (Å²) in [6, 6.07) is 8.05. The van der Waals surface area contributed by atoms with Crippen LogP contribution in [-0.4, -0.2) is 29.3 Å². The van der Waals surface area contributed by atoms with Gasteiger partial charge in [0.1, 0.15) is 6.61 Å². The van der Waals surface area contributed by atoms with Gasteiger partial charge in [0.25, 0.3) is 6.08 Å². The standard InChI is InChI=1S/C12H13ClN2O4/c1-10(15(14-9-16)19-8-13)12(17)18-7-11-5-3-2-4-6-11/h2-6,10H,7-8H2,1H3/t10-/m0/s1. The summed E-state index contributed by atoms with van der Waals surface area (Å²) in [5, 5.41) is 3.97. The number of isocyanates is 1. The lowest BCUT2D eigenvalue weighted by atomic mass is 10.2. The Hall–Kier alpha value is -1.88. The third-order valence-corrected chi connectivity index (χ3v) is 2.31. The molecular formula is C12H13ClN2O4. The lowest BCUT2D eigenvalue weighted by Gasteiger charge is -2.20. The van der Waals surface area contributed by atoms with E-state index in [4.69, 9.17) is 21.2 Å². The Morgan fingerprint density at radius 3 is 2.74 bits per heavy atom. The van der Waals surface area contributed by atoms with Gasteiger partial charge in [0.2, 0.25) is 0 Å². The molecule has 1 aromatic rings. The van der Waals surface area contributed by atoms with Gasteiger partial charge in [-0.3, -0.25) is 0 Å². The van der Waals surface area contributed by atoms with Crippen molar-refractivity contribution in [3.63, 3.8) is 0 Å². The van der Waals surface area contributed by atoms with Crippen LogP contribution >= 0.6 is 11.6 Å². The zero-order valence-corrected chi connectivity index (χ0v) is 11.0. The van der Waals surface area contributed by atoms with Crippen LogP contribution in [0, 0.1) is 0 Å². The molecule has 0 amide bonds. The second kappa shape index (κ2) is 8.26. The molecule has 1 atom stereocenters. The Morgan fingerprint density at radius 2 is 2.16 bits per heavy atom. The molecule has 6 nitrogen and oxygen atoms in total. The van der Waals surface area contributed by atoms with Crippen molar-refractivity contribution >= 4 is 23.7 Å². The van der Waals surface area contributed by atoms with Crippen molar-refractivity contribution < 1.29 is 19.2 Å². The first-order valence-electron chi connectivity index (χ1n) is 5.45. The third kappa shape index (κ3) is 5.09. The van der Waals surface area contributed by atoms with E-state index in [9.17, 15) is 9.59 Å². The summed E-state index contributed by atoms with van der Waals surface area (Å²) in [6.07, 6.45) is 1.27. The number of halogens is 1. The molecule has 0 unspecified atom stereocenters. The highest BCUT2D eigenvalue weighted by molar-refractivity contribution is 6.17. The Labute approximate surface area is 115 Å². The molecule has 0 spiro atoms. The van der Waals surface area contributed by atoms with E-state index in [1.165, 1.54) is 13.0 Å². The van der Waals surface area contributed by atoms with Crippen LogP contribution in [0.2, 0.25) is 0 Å². The highest BCUT2D eigenvalue weighted by Gasteiger charge is 2.23. The first kappa shape index (κ1) is 15.2. The fourth-order valence-corrected chi connectivity index (χ4v) is 1.36. The molecule has 0 N–H and O–H groups in total. The molecule has 1 rings (SSSR count). The molecule has 0 saturated heterocycles. The predicted octanol–water partition coefficient (Wildman–Crippen LogP) is 1.80. The molecule has 0 aliphatic carbocycles. The number of hydrogen-bond acceptors (Lipinski definition) is 6. The molecular weight excluding hydrogens is 272 g/mol. The van der Waals surface area contributed by atoms with Gasteiger partial charge < -0.3 is 4.74 Å². The zero-order chi connectivity index (χ0) is 14.1. The van der Waals surface area contributed by atoms with Crippen LogP contribution < -0.4 is 0 Å². The minimum Gasteiger partial charge on any atom is -0.459 e. The molecule has 0 saturated carbocycles. The van der Waals surface area contributed by atoms with Crippen LogP contribution in [0.1, 0.15) is 12.5 Å². The maximum atomic E-state index is 11.7. The highest BCUT2D eigenvalue weighted by atomic mass is 35.5. The first-order chi connectivity index (χ1) is 9.19. The van der Waals surface area contributed by atoms with Gasteiger partial charge >= 0.3 is 5.97 Å². The molecule has 0 aromatic heterocycles. The molecule has 0 aliphatic heterocycles. The number of carbonyl (C=O) groups is 1. The fraction of sp³-hybridized carbons (Fsp3) is 0.333. The summed E-state index contributed by atoms with van der Waals surface area (Å²) >= 11 is 5.35. The number of alkyl halides is 1. The quantitative estimate of drug-likeness (QED) is 0.251. The van der Waals surface area contributed by atoms with Crippen LogP contribution in [0.25, 0.3) is 0 Å².